The number of rotatable bonds is 2. The van der Waals surface area contributed by atoms with Crippen molar-refractivity contribution in [2.45, 2.75) is 18.9 Å². The number of amides is 1. The van der Waals surface area contributed by atoms with Crippen LogP contribution in [0.25, 0.3) is 10.9 Å². The van der Waals surface area contributed by atoms with E-state index in [-0.39, 0.29) is 12.0 Å². The Bertz CT molecular complexity index is 592. The van der Waals surface area contributed by atoms with Crippen molar-refractivity contribution in [3.8, 4) is 0 Å². The summed E-state index contributed by atoms with van der Waals surface area (Å²) in [5.74, 6) is 0.363. The predicted molar refractivity (Wildman–Crippen MR) is 69.2 cm³/mol. The Balaban J connectivity index is 1.85. The van der Waals surface area contributed by atoms with Crippen molar-refractivity contribution >= 4 is 38.6 Å². The fraction of sp³-hybridized carbons (Fsp3) is 0.364. The second-order valence-corrected chi connectivity index (χ2v) is 4.93. The lowest BCUT2D eigenvalue weighted by Crippen LogP contribution is -2.27. The molecule has 0 aromatic carbocycles. The third-order valence-electron chi connectivity index (χ3n) is 2.88. The van der Waals surface area contributed by atoms with E-state index < -0.39 is 0 Å². The number of aromatic nitrogens is 3. The number of carbonyl (C=O) groups excluding carboxylic acids is 1. The van der Waals surface area contributed by atoms with Gasteiger partial charge in [0.25, 0.3) is 5.91 Å². The van der Waals surface area contributed by atoms with Crippen LogP contribution in [0.4, 0.5) is 5.82 Å². The van der Waals surface area contributed by atoms with Crippen LogP contribution in [0.1, 0.15) is 12.8 Å². The number of halogens is 1. The number of pyridine rings is 1. The Kier molecular flexibility index (Phi) is 3.00. The molecule has 2 aromatic heterocycles. The van der Waals surface area contributed by atoms with E-state index in [2.05, 4.69) is 36.4 Å². The molecular weight excluding hydrogens is 300 g/mol. The Labute approximate surface area is 111 Å². The first-order valence-corrected chi connectivity index (χ1v) is 6.45. The number of anilines is 1. The number of carbonyl (C=O) groups is 1. The van der Waals surface area contributed by atoms with E-state index in [4.69, 9.17) is 4.74 Å². The fourth-order valence-corrected chi connectivity index (χ4v) is 2.30. The lowest BCUT2D eigenvalue weighted by atomic mass is 10.2. The van der Waals surface area contributed by atoms with Gasteiger partial charge in [0.15, 0.2) is 5.82 Å². The van der Waals surface area contributed by atoms with Gasteiger partial charge >= 0.3 is 0 Å². The van der Waals surface area contributed by atoms with Gasteiger partial charge in [-0.2, -0.15) is 5.10 Å². The van der Waals surface area contributed by atoms with Crippen LogP contribution in [0, 0.1) is 0 Å². The molecule has 94 valence electrons. The average molecular weight is 311 g/mol. The number of nitrogens with one attached hydrogen (secondary N) is 2. The minimum atomic E-state index is -0.359. The number of aromatic amines is 1. The van der Waals surface area contributed by atoms with E-state index >= 15 is 0 Å². The summed E-state index contributed by atoms with van der Waals surface area (Å²) in [4.78, 5) is 16.0. The molecule has 18 heavy (non-hydrogen) atoms. The van der Waals surface area contributed by atoms with Crippen molar-refractivity contribution in [1.29, 1.82) is 0 Å². The van der Waals surface area contributed by atoms with Gasteiger partial charge in [0.1, 0.15) is 10.7 Å². The molecule has 1 fully saturated rings. The number of hydrogen-bond acceptors (Lipinski definition) is 4. The van der Waals surface area contributed by atoms with Crippen molar-refractivity contribution in [1.82, 2.24) is 15.2 Å². The molecule has 0 saturated carbocycles. The summed E-state index contributed by atoms with van der Waals surface area (Å²) in [5.41, 5.74) is 0.779. The van der Waals surface area contributed by atoms with E-state index in [9.17, 15) is 4.79 Å². The summed E-state index contributed by atoms with van der Waals surface area (Å²) in [6, 6.07) is 1.81. The minimum absolute atomic E-state index is 0.145. The lowest BCUT2D eigenvalue weighted by Gasteiger charge is -2.08. The van der Waals surface area contributed by atoms with Crippen LogP contribution in [0.2, 0.25) is 0 Å². The number of ether oxygens (including phenoxy) is 1. The second kappa shape index (κ2) is 4.66. The van der Waals surface area contributed by atoms with Gasteiger partial charge in [-0.1, -0.05) is 0 Å². The molecule has 3 heterocycles. The van der Waals surface area contributed by atoms with Gasteiger partial charge in [0.2, 0.25) is 0 Å². The van der Waals surface area contributed by atoms with Gasteiger partial charge < -0.3 is 10.1 Å². The maximum absolute atomic E-state index is 11.9. The molecule has 2 aromatic rings. The summed E-state index contributed by atoms with van der Waals surface area (Å²) in [6.07, 6.45) is 2.99. The first-order valence-electron chi connectivity index (χ1n) is 5.66. The molecule has 2 N–H and O–H groups in total. The fourth-order valence-electron chi connectivity index (χ4n) is 1.97. The van der Waals surface area contributed by atoms with Crippen molar-refractivity contribution in [2.24, 2.45) is 0 Å². The lowest BCUT2D eigenvalue weighted by molar-refractivity contribution is -0.124. The third-order valence-corrected chi connectivity index (χ3v) is 3.31. The van der Waals surface area contributed by atoms with Gasteiger partial charge in [-0.3, -0.25) is 9.89 Å². The summed E-state index contributed by atoms with van der Waals surface area (Å²) in [6.45, 7) is 0.648. The SMILES string of the molecule is O=C(Nc1n[nH]c2cnc(Br)cc12)C1CCCO1. The highest BCUT2D eigenvalue weighted by atomic mass is 79.9. The van der Waals surface area contributed by atoms with Crippen LogP contribution < -0.4 is 5.32 Å². The molecule has 1 amide bonds. The minimum Gasteiger partial charge on any atom is -0.368 e. The highest BCUT2D eigenvalue weighted by Gasteiger charge is 2.24. The zero-order chi connectivity index (χ0) is 12.5. The quantitative estimate of drug-likeness (QED) is 0.829. The zero-order valence-corrected chi connectivity index (χ0v) is 11.0. The van der Waals surface area contributed by atoms with Crippen LogP contribution in [0.15, 0.2) is 16.9 Å². The standard InChI is InChI=1S/C11H11BrN4O2/c12-9-4-6-7(5-13-9)15-16-10(6)14-11(17)8-2-1-3-18-8/h4-5,8H,1-3H2,(H2,14,15,16,17). The smallest absolute Gasteiger partial charge is 0.254 e. The maximum Gasteiger partial charge on any atom is 0.254 e. The highest BCUT2D eigenvalue weighted by Crippen LogP contribution is 2.23. The van der Waals surface area contributed by atoms with Crippen LogP contribution in [0.3, 0.4) is 0 Å². The highest BCUT2D eigenvalue weighted by molar-refractivity contribution is 9.10. The van der Waals surface area contributed by atoms with Gasteiger partial charge in [-0.25, -0.2) is 4.98 Å². The van der Waals surface area contributed by atoms with E-state index in [1.54, 1.807) is 6.20 Å². The molecule has 0 bridgehead atoms. The molecule has 0 radical (unpaired) electrons. The Morgan fingerprint density at radius 2 is 2.50 bits per heavy atom. The topological polar surface area (TPSA) is 79.9 Å². The zero-order valence-electron chi connectivity index (χ0n) is 9.44. The second-order valence-electron chi connectivity index (χ2n) is 4.12. The van der Waals surface area contributed by atoms with E-state index in [1.807, 2.05) is 6.07 Å². The number of nitrogens with zero attached hydrogens (tertiary/aromatic N) is 2. The molecule has 1 saturated heterocycles. The Morgan fingerprint density at radius 3 is 3.28 bits per heavy atom. The summed E-state index contributed by atoms with van der Waals surface area (Å²) in [7, 11) is 0. The monoisotopic (exact) mass is 310 g/mol. The van der Waals surface area contributed by atoms with Crippen molar-refractivity contribution in [3.05, 3.63) is 16.9 Å². The molecule has 1 aliphatic heterocycles. The van der Waals surface area contributed by atoms with E-state index in [0.29, 0.717) is 17.0 Å². The molecular formula is C11H11BrN4O2. The van der Waals surface area contributed by atoms with Crippen LogP contribution in [-0.4, -0.2) is 33.8 Å². The summed E-state index contributed by atoms with van der Waals surface area (Å²) in [5, 5.41) is 10.5. The van der Waals surface area contributed by atoms with Gasteiger partial charge in [0, 0.05) is 12.0 Å². The van der Waals surface area contributed by atoms with Crippen molar-refractivity contribution < 1.29 is 9.53 Å². The van der Waals surface area contributed by atoms with Crippen molar-refractivity contribution in [2.75, 3.05) is 11.9 Å². The summed E-state index contributed by atoms with van der Waals surface area (Å²) < 4.78 is 6.03. The molecule has 0 aliphatic carbocycles. The van der Waals surface area contributed by atoms with Crippen molar-refractivity contribution in [3.63, 3.8) is 0 Å². The summed E-state index contributed by atoms with van der Waals surface area (Å²) >= 11 is 3.29. The average Bonchev–Trinajstić information content (AvgIpc) is 2.99. The first-order chi connectivity index (χ1) is 8.74. The molecule has 0 spiro atoms. The first kappa shape index (κ1) is 11.6. The molecule has 6 nitrogen and oxygen atoms in total. The Morgan fingerprint density at radius 1 is 1.61 bits per heavy atom. The Hall–Kier alpha value is -1.47. The van der Waals surface area contributed by atoms with Crippen LogP contribution in [0.5, 0.6) is 0 Å². The predicted octanol–water partition coefficient (Wildman–Crippen LogP) is 1.84. The number of hydrogen-bond donors (Lipinski definition) is 2. The van der Waals surface area contributed by atoms with E-state index in [0.717, 1.165) is 23.7 Å². The molecule has 7 heteroatoms. The normalized spacial score (nSPS) is 19.3. The van der Waals surface area contributed by atoms with Crippen LogP contribution in [-0.2, 0) is 9.53 Å². The molecule has 1 aliphatic rings. The third kappa shape index (κ3) is 2.11. The van der Waals surface area contributed by atoms with Gasteiger partial charge in [-0.15, -0.1) is 0 Å². The van der Waals surface area contributed by atoms with Gasteiger partial charge in [0.05, 0.1) is 11.7 Å². The van der Waals surface area contributed by atoms with Gasteiger partial charge in [-0.05, 0) is 34.8 Å². The van der Waals surface area contributed by atoms with Crippen LogP contribution >= 0.6 is 15.9 Å². The molecule has 1 unspecified atom stereocenters. The van der Waals surface area contributed by atoms with E-state index in [1.165, 1.54) is 0 Å². The molecule has 3 rings (SSSR count). The number of H-pyrrole nitrogens is 1. The maximum atomic E-state index is 11.9. The largest absolute Gasteiger partial charge is 0.368 e. The molecule has 1 atom stereocenters. The number of fused-ring (bicyclic) bond motifs is 1.